The number of hydrogen-bond acceptors (Lipinski definition) is 4. The zero-order chi connectivity index (χ0) is 37.8. The maximum Gasteiger partial charge on any atom is 0.0991 e. The number of hydrogen-bond donors (Lipinski definition) is 0. The average molecular weight is 715 g/mol. The fraction of sp³-hybridized carbons (Fsp3) is 0. The van der Waals surface area contributed by atoms with Crippen molar-refractivity contribution in [3.05, 3.63) is 217 Å². The van der Waals surface area contributed by atoms with Gasteiger partial charge in [0.1, 0.15) is 0 Å². The second-order valence-corrected chi connectivity index (χ2v) is 13.6. The lowest BCUT2D eigenvalue weighted by Gasteiger charge is -2.29. The van der Waals surface area contributed by atoms with Crippen molar-refractivity contribution in [2.45, 2.75) is 0 Å². The van der Waals surface area contributed by atoms with Crippen LogP contribution in [-0.2, 0) is 0 Å². The fourth-order valence-electron chi connectivity index (χ4n) is 7.79. The number of nitrogens with zero attached hydrogens (tertiary/aromatic N) is 4. The molecule has 56 heavy (non-hydrogen) atoms. The molecule has 4 nitrogen and oxygen atoms in total. The van der Waals surface area contributed by atoms with Crippen LogP contribution in [0.5, 0.6) is 0 Å². The van der Waals surface area contributed by atoms with Gasteiger partial charge in [-0.05, 0) is 141 Å². The van der Waals surface area contributed by atoms with Gasteiger partial charge in [-0.25, -0.2) is 0 Å². The van der Waals surface area contributed by atoms with Gasteiger partial charge < -0.3 is 9.80 Å². The predicted octanol–water partition coefficient (Wildman–Crippen LogP) is 14.0. The van der Waals surface area contributed by atoms with Gasteiger partial charge in [0.05, 0.1) is 23.3 Å². The molecule has 9 aromatic rings. The zero-order valence-electron chi connectivity index (χ0n) is 30.4. The van der Waals surface area contributed by atoms with Crippen LogP contribution in [0.1, 0.15) is 11.1 Å². The third kappa shape index (κ3) is 6.28. The van der Waals surface area contributed by atoms with Crippen molar-refractivity contribution >= 4 is 55.7 Å². The highest BCUT2D eigenvalue weighted by molar-refractivity contribution is 6.22. The van der Waals surface area contributed by atoms with Crippen LogP contribution in [0.3, 0.4) is 0 Å². The molecule has 0 radical (unpaired) electrons. The van der Waals surface area contributed by atoms with Gasteiger partial charge in [0.2, 0.25) is 0 Å². The van der Waals surface area contributed by atoms with Gasteiger partial charge >= 0.3 is 0 Å². The van der Waals surface area contributed by atoms with E-state index in [0.717, 1.165) is 77.9 Å². The van der Waals surface area contributed by atoms with Crippen molar-refractivity contribution in [2.75, 3.05) is 9.80 Å². The van der Waals surface area contributed by atoms with Gasteiger partial charge in [0.25, 0.3) is 0 Å². The number of nitriles is 2. The Balaban J connectivity index is 1.28. The van der Waals surface area contributed by atoms with Crippen LogP contribution in [-0.4, -0.2) is 0 Å². The molecule has 0 heterocycles. The Hall–Kier alpha value is -7.92. The van der Waals surface area contributed by atoms with E-state index in [1.165, 1.54) is 0 Å². The van der Waals surface area contributed by atoms with Crippen molar-refractivity contribution in [3.63, 3.8) is 0 Å². The summed E-state index contributed by atoms with van der Waals surface area (Å²) in [5, 5.41) is 24.1. The van der Waals surface area contributed by atoms with Crippen molar-refractivity contribution < 1.29 is 0 Å². The minimum Gasteiger partial charge on any atom is -0.311 e. The Morgan fingerprint density at radius 2 is 0.643 bits per heavy atom. The van der Waals surface area contributed by atoms with E-state index < -0.39 is 0 Å². The fourth-order valence-corrected chi connectivity index (χ4v) is 7.79. The molecule has 0 bridgehead atoms. The lowest BCUT2D eigenvalue weighted by molar-refractivity contribution is 1.26. The van der Waals surface area contributed by atoms with E-state index in [0.29, 0.717) is 11.1 Å². The number of benzene rings is 9. The Morgan fingerprint density at radius 1 is 0.286 bits per heavy atom. The van der Waals surface area contributed by atoms with Gasteiger partial charge in [-0.1, -0.05) is 109 Å². The molecule has 0 atom stereocenters. The monoisotopic (exact) mass is 714 g/mol. The standard InChI is InChI=1S/C52H34N4/c53-35-37-14-12-16-39(32-37)51-47-24-10-11-25-48(47)52(40-17-13-15-38(33-40)36-54)50-34-46(30-31-49(50)51)56(43-22-8-3-9-23-43)45-28-26-44(27-29-45)55(41-18-4-1-5-19-41)42-20-6-2-7-21-42/h1-34H. The molecule has 4 heteroatoms. The summed E-state index contributed by atoms with van der Waals surface area (Å²) in [7, 11) is 0. The van der Waals surface area contributed by atoms with E-state index in [9.17, 15) is 10.5 Å². The molecular weight excluding hydrogens is 681 g/mol. The topological polar surface area (TPSA) is 54.1 Å². The van der Waals surface area contributed by atoms with Crippen LogP contribution >= 0.6 is 0 Å². The van der Waals surface area contributed by atoms with Gasteiger partial charge in [-0.3, -0.25) is 0 Å². The molecule has 0 aromatic heterocycles. The maximum absolute atomic E-state index is 9.94. The zero-order valence-corrected chi connectivity index (χ0v) is 30.4. The minimum atomic E-state index is 0.604. The molecule has 0 N–H and O–H groups in total. The Bertz CT molecular complexity index is 2890. The molecule has 9 aromatic carbocycles. The molecular formula is C52H34N4. The average Bonchev–Trinajstić information content (AvgIpc) is 3.27. The van der Waals surface area contributed by atoms with Gasteiger partial charge in [-0.15, -0.1) is 0 Å². The summed E-state index contributed by atoms with van der Waals surface area (Å²) in [5.41, 5.74) is 11.5. The highest BCUT2D eigenvalue weighted by atomic mass is 15.2. The highest BCUT2D eigenvalue weighted by Crippen LogP contribution is 2.47. The molecule has 0 saturated heterocycles. The third-order valence-corrected chi connectivity index (χ3v) is 10.2. The molecule has 0 aliphatic carbocycles. The summed E-state index contributed by atoms with van der Waals surface area (Å²) < 4.78 is 0. The molecule has 0 spiro atoms. The Labute approximate surface area is 326 Å². The van der Waals surface area contributed by atoms with E-state index >= 15 is 0 Å². The van der Waals surface area contributed by atoms with E-state index in [1.807, 2.05) is 54.6 Å². The van der Waals surface area contributed by atoms with Crippen LogP contribution in [0.15, 0.2) is 206 Å². The number of para-hydroxylation sites is 3. The molecule has 0 saturated carbocycles. The minimum absolute atomic E-state index is 0.604. The maximum atomic E-state index is 9.94. The lowest BCUT2D eigenvalue weighted by Crippen LogP contribution is -2.12. The van der Waals surface area contributed by atoms with Crippen molar-refractivity contribution in [1.29, 1.82) is 10.5 Å². The van der Waals surface area contributed by atoms with Crippen molar-refractivity contribution in [2.24, 2.45) is 0 Å². The van der Waals surface area contributed by atoms with E-state index in [-0.39, 0.29) is 0 Å². The van der Waals surface area contributed by atoms with Gasteiger partial charge in [0.15, 0.2) is 0 Å². The molecule has 9 rings (SSSR count). The summed E-state index contributed by atoms with van der Waals surface area (Å²) in [4.78, 5) is 4.56. The molecule has 0 fully saturated rings. The van der Waals surface area contributed by atoms with Crippen LogP contribution in [0.25, 0.3) is 43.8 Å². The first kappa shape index (κ1) is 33.9. The third-order valence-electron chi connectivity index (χ3n) is 10.2. The first-order chi connectivity index (χ1) is 27.7. The van der Waals surface area contributed by atoms with Crippen LogP contribution in [0, 0.1) is 22.7 Å². The summed E-state index contributed by atoms with van der Waals surface area (Å²) in [6, 6.07) is 75.5. The number of rotatable bonds is 8. The first-order valence-electron chi connectivity index (χ1n) is 18.6. The SMILES string of the molecule is N#Cc1cccc(-c2c3ccccc3c(-c3cccc(C#N)c3)c3cc(N(c4ccccc4)c4ccc(N(c5ccccc5)c5ccccc5)cc4)ccc23)c1. The van der Waals surface area contributed by atoms with Crippen LogP contribution in [0.4, 0.5) is 34.1 Å². The van der Waals surface area contributed by atoms with Crippen LogP contribution in [0.2, 0.25) is 0 Å². The second kappa shape index (κ2) is 14.8. The summed E-state index contributed by atoms with van der Waals surface area (Å²) in [6.45, 7) is 0. The quantitative estimate of drug-likeness (QED) is 0.147. The first-order valence-corrected chi connectivity index (χ1v) is 18.6. The van der Waals surface area contributed by atoms with E-state index in [2.05, 4.69) is 174 Å². The Morgan fingerprint density at radius 3 is 1.09 bits per heavy atom. The molecule has 0 unspecified atom stereocenters. The van der Waals surface area contributed by atoms with Crippen molar-refractivity contribution in [1.82, 2.24) is 0 Å². The summed E-state index contributed by atoms with van der Waals surface area (Å²) in [5.74, 6) is 0. The summed E-state index contributed by atoms with van der Waals surface area (Å²) in [6.07, 6.45) is 0. The molecule has 0 aliphatic rings. The van der Waals surface area contributed by atoms with Gasteiger partial charge in [-0.2, -0.15) is 10.5 Å². The van der Waals surface area contributed by atoms with Crippen LogP contribution < -0.4 is 9.80 Å². The predicted molar refractivity (Wildman–Crippen MR) is 231 cm³/mol. The highest BCUT2D eigenvalue weighted by Gasteiger charge is 2.21. The van der Waals surface area contributed by atoms with E-state index in [1.54, 1.807) is 0 Å². The Kier molecular flexibility index (Phi) is 8.98. The molecule has 262 valence electrons. The molecule has 0 aliphatic heterocycles. The van der Waals surface area contributed by atoms with Gasteiger partial charge in [0, 0.05) is 34.1 Å². The number of anilines is 6. The smallest absolute Gasteiger partial charge is 0.0991 e. The lowest BCUT2D eigenvalue weighted by atomic mass is 9.85. The largest absolute Gasteiger partial charge is 0.311 e. The number of fused-ring (bicyclic) bond motifs is 2. The van der Waals surface area contributed by atoms with Crippen molar-refractivity contribution in [3.8, 4) is 34.4 Å². The normalized spacial score (nSPS) is 10.8. The summed E-state index contributed by atoms with van der Waals surface area (Å²) >= 11 is 0. The molecule has 0 amide bonds. The van der Waals surface area contributed by atoms with E-state index in [4.69, 9.17) is 0 Å². The second-order valence-electron chi connectivity index (χ2n) is 13.6.